The molecule has 0 aromatic carbocycles. The van der Waals surface area contributed by atoms with Crippen LogP contribution in [0.1, 0.15) is 25.1 Å². The number of anilines is 2. The second kappa shape index (κ2) is 6.71. The largest absolute Gasteiger partial charge is 0.368 e. The van der Waals surface area contributed by atoms with E-state index in [1.165, 1.54) is 4.88 Å². The number of rotatable bonds is 7. The molecule has 0 radical (unpaired) electrons. The third-order valence-electron chi connectivity index (χ3n) is 3.06. The average molecular weight is 307 g/mol. The fourth-order valence-corrected chi connectivity index (χ4v) is 3.01. The molecule has 2 aromatic rings. The van der Waals surface area contributed by atoms with Crippen molar-refractivity contribution >= 4 is 39.2 Å². The monoisotopic (exact) mass is 307 g/mol. The summed E-state index contributed by atoms with van der Waals surface area (Å²) in [5.41, 5.74) is 5.29. The lowest BCUT2D eigenvalue weighted by molar-refractivity contribution is -0.116. The van der Waals surface area contributed by atoms with Crippen molar-refractivity contribution in [1.29, 1.82) is 0 Å². The fraction of sp³-hybridized carbons (Fsp3) is 0.500. The number of hydrogen-bond acceptors (Lipinski definition) is 6. The maximum absolute atomic E-state index is 11.2. The van der Waals surface area contributed by atoms with E-state index < -0.39 is 0 Å². The summed E-state index contributed by atoms with van der Waals surface area (Å²) in [6.07, 6.45) is 1.95. The molecule has 2 heterocycles. The number of fused-ring (bicyclic) bond motifs is 1. The van der Waals surface area contributed by atoms with Crippen LogP contribution >= 0.6 is 11.3 Å². The van der Waals surface area contributed by atoms with Crippen LogP contribution in [0.25, 0.3) is 10.2 Å². The zero-order valence-electron chi connectivity index (χ0n) is 12.6. The molecule has 2 aromatic heterocycles. The van der Waals surface area contributed by atoms with Crippen molar-refractivity contribution in [1.82, 2.24) is 9.97 Å². The van der Waals surface area contributed by atoms with Crippen LogP contribution in [0.4, 0.5) is 11.8 Å². The van der Waals surface area contributed by atoms with Gasteiger partial charge in [-0.2, -0.15) is 4.98 Å². The van der Waals surface area contributed by atoms with E-state index in [0.717, 1.165) is 35.4 Å². The summed E-state index contributed by atoms with van der Waals surface area (Å²) in [6.45, 7) is 5.15. The Bertz CT molecular complexity index is 640. The number of carbonyl (C=O) groups excluding carboxylic acids is 1. The van der Waals surface area contributed by atoms with Crippen LogP contribution in [-0.2, 0) is 11.2 Å². The van der Waals surface area contributed by atoms with Crippen LogP contribution in [0.3, 0.4) is 0 Å². The van der Waals surface area contributed by atoms with E-state index in [2.05, 4.69) is 35.2 Å². The number of nitrogens with two attached hydrogens (primary N) is 1. The number of primary amides is 1. The Hall–Kier alpha value is -1.89. The highest BCUT2D eigenvalue weighted by Crippen LogP contribution is 2.31. The lowest BCUT2D eigenvalue weighted by Crippen LogP contribution is -2.31. The molecular formula is C14H21N5OS. The molecule has 7 heteroatoms. The number of nitrogens with one attached hydrogen (secondary N) is 1. The minimum atomic E-state index is -0.377. The molecular weight excluding hydrogens is 286 g/mol. The molecule has 0 aliphatic heterocycles. The number of carbonyl (C=O) groups is 1. The van der Waals surface area contributed by atoms with Gasteiger partial charge in [-0.25, -0.2) is 4.98 Å². The number of hydrogen-bond donors (Lipinski definition) is 2. The topological polar surface area (TPSA) is 84.1 Å². The molecule has 0 aliphatic rings. The van der Waals surface area contributed by atoms with Crippen molar-refractivity contribution in [2.24, 2.45) is 5.73 Å². The highest BCUT2D eigenvalue weighted by molar-refractivity contribution is 7.18. The van der Waals surface area contributed by atoms with E-state index in [0.29, 0.717) is 5.95 Å². The van der Waals surface area contributed by atoms with Crippen LogP contribution in [0.2, 0.25) is 0 Å². The van der Waals surface area contributed by atoms with E-state index in [1.54, 1.807) is 16.2 Å². The molecule has 0 fully saturated rings. The molecule has 21 heavy (non-hydrogen) atoms. The first-order valence-corrected chi connectivity index (χ1v) is 7.90. The molecule has 0 atom stereocenters. The number of amides is 1. The van der Waals surface area contributed by atoms with Crippen molar-refractivity contribution in [2.75, 3.05) is 30.4 Å². The third-order valence-corrected chi connectivity index (χ3v) is 4.23. The number of aromatic nitrogens is 2. The summed E-state index contributed by atoms with van der Waals surface area (Å²) in [7, 11) is 1.82. The lowest BCUT2D eigenvalue weighted by Gasteiger charge is -2.18. The molecule has 6 nitrogen and oxygen atoms in total. The first-order chi connectivity index (χ1) is 10.0. The normalized spacial score (nSPS) is 10.8. The molecule has 114 valence electrons. The molecule has 3 N–H and O–H groups in total. The highest BCUT2D eigenvalue weighted by Gasteiger charge is 2.15. The highest BCUT2D eigenvalue weighted by atomic mass is 32.1. The van der Waals surface area contributed by atoms with Gasteiger partial charge in [0.1, 0.15) is 10.6 Å². The molecule has 0 saturated heterocycles. The SMILES string of the molecule is CCCNc1nc(N(C)CC(N)=O)c2cc(CC)sc2n1. The van der Waals surface area contributed by atoms with Crippen molar-refractivity contribution in [3.05, 3.63) is 10.9 Å². The van der Waals surface area contributed by atoms with Gasteiger partial charge in [-0.3, -0.25) is 4.79 Å². The van der Waals surface area contributed by atoms with E-state index in [4.69, 9.17) is 5.73 Å². The van der Waals surface area contributed by atoms with Crippen LogP contribution in [-0.4, -0.2) is 36.0 Å². The van der Waals surface area contributed by atoms with Crippen molar-refractivity contribution in [3.8, 4) is 0 Å². The van der Waals surface area contributed by atoms with Gasteiger partial charge in [0, 0.05) is 18.5 Å². The van der Waals surface area contributed by atoms with Crippen LogP contribution < -0.4 is 16.0 Å². The summed E-state index contributed by atoms with van der Waals surface area (Å²) in [4.78, 5) is 24.2. The minimum Gasteiger partial charge on any atom is -0.368 e. The number of nitrogens with zero attached hydrogens (tertiary/aromatic N) is 3. The summed E-state index contributed by atoms with van der Waals surface area (Å²) >= 11 is 1.66. The third kappa shape index (κ3) is 3.60. The predicted molar refractivity (Wildman–Crippen MR) is 88.0 cm³/mol. The number of aryl methyl sites for hydroxylation is 1. The van der Waals surface area contributed by atoms with Gasteiger partial charge in [0.15, 0.2) is 0 Å². The van der Waals surface area contributed by atoms with Crippen molar-refractivity contribution in [3.63, 3.8) is 0 Å². The van der Waals surface area contributed by atoms with E-state index in [-0.39, 0.29) is 12.5 Å². The minimum absolute atomic E-state index is 0.136. The standard InChI is InChI=1S/C14H21N5OS/c1-4-6-16-14-17-12(19(3)8-11(15)20)10-7-9(5-2)21-13(10)18-14/h7H,4-6,8H2,1-3H3,(H2,15,20)(H,16,17,18). The molecule has 0 bridgehead atoms. The Morgan fingerprint density at radius 3 is 2.81 bits per heavy atom. The molecule has 0 saturated carbocycles. The molecule has 0 spiro atoms. The van der Waals surface area contributed by atoms with Crippen molar-refractivity contribution in [2.45, 2.75) is 26.7 Å². The average Bonchev–Trinajstić information content (AvgIpc) is 2.86. The summed E-state index contributed by atoms with van der Waals surface area (Å²) in [6, 6.07) is 2.09. The van der Waals surface area contributed by atoms with Gasteiger partial charge in [0.05, 0.1) is 11.9 Å². The van der Waals surface area contributed by atoms with E-state index >= 15 is 0 Å². The smallest absolute Gasteiger partial charge is 0.236 e. The molecule has 2 rings (SSSR count). The van der Waals surface area contributed by atoms with Crippen LogP contribution in [0, 0.1) is 0 Å². The number of likely N-dealkylation sites (N-methyl/N-ethyl adjacent to an activating group) is 1. The summed E-state index contributed by atoms with van der Waals surface area (Å²) < 4.78 is 0. The second-order valence-electron chi connectivity index (χ2n) is 4.91. The van der Waals surface area contributed by atoms with Gasteiger partial charge in [0.2, 0.25) is 11.9 Å². The first-order valence-electron chi connectivity index (χ1n) is 7.08. The van der Waals surface area contributed by atoms with Gasteiger partial charge in [0.25, 0.3) is 0 Å². The first kappa shape index (κ1) is 15.5. The zero-order valence-corrected chi connectivity index (χ0v) is 13.5. The van der Waals surface area contributed by atoms with Gasteiger partial charge in [-0.05, 0) is 18.9 Å². The maximum Gasteiger partial charge on any atom is 0.236 e. The molecule has 0 unspecified atom stereocenters. The van der Waals surface area contributed by atoms with Gasteiger partial charge in [-0.1, -0.05) is 13.8 Å². The zero-order chi connectivity index (χ0) is 15.4. The van der Waals surface area contributed by atoms with Crippen LogP contribution in [0.15, 0.2) is 6.07 Å². The Morgan fingerprint density at radius 2 is 2.19 bits per heavy atom. The lowest BCUT2D eigenvalue weighted by atomic mass is 10.3. The summed E-state index contributed by atoms with van der Waals surface area (Å²) in [5.74, 6) is 0.965. The Morgan fingerprint density at radius 1 is 1.43 bits per heavy atom. The van der Waals surface area contributed by atoms with Crippen molar-refractivity contribution < 1.29 is 4.79 Å². The summed E-state index contributed by atoms with van der Waals surface area (Å²) in [5, 5.41) is 4.18. The quantitative estimate of drug-likeness (QED) is 0.817. The molecule has 1 amide bonds. The Kier molecular flexibility index (Phi) is 4.95. The van der Waals surface area contributed by atoms with E-state index in [1.807, 2.05) is 7.05 Å². The maximum atomic E-state index is 11.2. The van der Waals surface area contributed by atoms with Gasteiger partial charge < -0.3 is 16.0 Å². The second-order valence-corrected chi connectivity index (χ2v) is 6.02. The van der Waals surface area contributed by atoms with Crippen LogP contribution in [0.5, 0.6) is 0 Å². The molecule has 0 aliphatic carbocycles. The Labute approximate surface area is 128 Å². The fourth-order valence-electron chi connectivity index (χ4n) is 2.05. The number of thiophene rings is 1. The Balaban J connectivity index is 2.47. The predicted octanol–water partition coefficient (Wildman–Crippen LogP) is 2.00. The van der Waals surface area contributed by atoms with Gasteiger partial charge in [-0.15, -0.1) is 11.3 Å². The van der Waals surface area contributed by atoms with E-state index in [9.17, 15) is 4.79 Å². The van der Waals surface area contributed by atoms with Gasteiger partial charge >= 0.3 is 0 Å².